The molecule has 23 heavy (non-hydrogen) atoms. The van der Waals surface area contributed by atoms with E-state index in [0.717, 1.165) is 36.5 Å². The first-order valence-electron chi connectivity index (χ1n) is 5.83. The van der Waals surface area contributed by atoms with Gasteiger partial charge in [0.15, 0.2) is 5.76 Å². The molecule has 0 atom stereocenters. The molecule has 0 aliphatic rings. The van der Waals surface area contributed by atoms with Crippen LogP contribution in [0.4, 0.5) is 11.6 Å². The number of hydrogen-bond acceptors (Lipinski definition) is 8. The summed E-state index contributed by atoms with van der Waals surface area (Å²) in [5.74, 6) is -0.534. The third-order valence-corrected chi connectivity index (χ3v) is 3.75. The first-order valence-corrected chi connectivity index (χ1v) is 7.31. The van der Waals surface area contributed by atoms with Gasteiger partial charge in [-0.1, -0.05) is 0 Å². The van der Waals surface area contributed by atoms with E-state index < -0.39 is 25.8 Å². The number of hydrazone groups is 1. The van der Waals surface area contributed by atoms with Gasteiger partial charge in [0.2, 0.25) is 0 Å². The summed E-state index contributed by atoms with van der Waals surface area (Å²) < 4.78 is 28.5. The van der Waals surface area contributed by atoms with Gasteiger partial charge in [-0.25, -0.2) is 0 Å². The van der Waals surface area contributed by atoms with E-state index in [-0.39, 0.29) is 16.3 Å². The van der Waals surface area contributed by atoms with Crippen molar-refractivity contribution in [3.8, 4) is 0 Å². The third-order valence-electron chi connectivity index (χ3n) is 2.52. The Kier molecular flexibility index (Phi) is 4.36. The summed E-state index contributed by atoms with van der Waals surface area (Å²) in [5, 5.41) is 24.3. The SMILES string of the molecule is O=[N+]([O-])c1ccc(S(=O)(=O)NN=Cc2ccc([N+](=O)[O-])o2)cc1. The van der Waals surface area contributed by atoms with Gasteiger partial charge >= 0.3 is 5.88 Å². The van der Waals surface area contributed by atoms with Crippen molar-refractivity contribution in [3.63, 3.8) is 0 Å². The van der Waals surface area contributed by atoms with Crippen molar-refractivity contribution in [2.75, 3.05) is 0 Å². The zero-order valence-corrected chi connectivity index (χ0v) is 12.0. The van der Waals surface area contributed by atoms with E-state index in [1.54, 1.807) is 0 Å². The van der Waals surface area contributed by atoms with Crippen LogP contribution in [0.15, 0.2) is 50.8 Å². The molecule has 1 N–H and O–H groups in total. The van der Waals surface area contributed by atoms with E-state index in [1.807, 2.05) is 4.83 Å². The number of benzene rings is 1. The molecule has 0 aliphatic carbocycles. The van der Waals surface area contributed by atoms with Crippen molar-refractivity contribution in [1.82, 2.24) is 4.83 Å². The lowest BCUT2D eigenvalue weighted by molar-refractivity contribution is -0.402. The molecular formula is C11H8N4O7S. The molecule has 1 aromatic carbocycles. The van der Waals surface area contributed by atoms with Crippen molar-refractivity contribution < 1.29 is 22.7 Å². The van der Waals surface area contributed by atoms with Crippen molar-refractivity contribution in [3.05, 3.63) is 62.4 Å². The van der Waals surface area contributed by atoms with Gasteiger partial charge in [-0.15, -0.1) is 0 Å². The fourth-order valence-electron chi connectivity index (χ4n) is 1.47. The molecule has 0 radical (unpaired) electrons. The van der Waals surface area contributed by atoms with Crippen LogP contribution in [0.3, 0.4) is 0 Å². The molecule has 2 aromatic rings. The largest absolute Gasteiger partial charge is 0.433 e. The molecule has 0 saturated carbocycles. The number of non-ortho nitro benzene ring substituents is 1. The molecule has 0 spiro atoms. The minimum atomic E-state index is -4.03. The minimum absolute atomic E-state index is 0.0249. The van der Waals surface area contributed by atoms with Crippen LogP contribution in [0.25, 0.3) is 0 Å². The highest BCUT2D eigenvalue weighted by Gasteiger charge is 2.15. The number of sulfonamides is 1. The fourth-order valence-corrected chi connectivity index (χ4v) is 2.26. The van der Waals surface area contributed by atoms with E-state index in [4.69, 9.17) is 4.42 Å². The fraction of sp³-hybridized carbons (Fsp3) is 0. The van der Waals surface area contributed by atoms with Gasteiger partial charge in [0.1, 0.15) is 4.92 Å². The number of nitro groups is 2. The van der Waals surface area contributed by atoms with Crippen molar-refractivity contribution >= 4 is 27.8 Å². The summed E-state index contributed by atoms with van der Waals surface area (Å²) in [5.41, 5.74) is -0.254. The predicted octanol–water partition coefficient (Wildman–Crippen LogP) is 1.41. The molecule has 2 rings (SSSR count). The Morgan fingerprint density at radius 2 is 1.70 bits per heavy atom. The normalized spacial score (nSPS) is 11.5. The summed E-state index contributed by atoms with van der Waals surface area (Å²) in [6.07, 6.45) is 0.940. The molecule has 0 amide bonds. The molecule has 12 heteroatoms. The second-order valence-corrected chi connectivity index (χ2v) is 5.70. The number of hydrogen-bond donors (Lipinski definition) is 1. The predicted molar refractivity (Wildman–Crippen MR) is 76.4 cm³/mol. The van der Waals surface area contributed by atoms with E-state index in [1.165, 1.54) is 6.07 Å². The van der Waals surface area contributed by atoms with Crippen LogP contribution >= 0.6 is 0 Å². The Bertz CT molecular complexity index is 870. The van der Waals surface area contributed by atoms with E-state index in [9.17, 15) is 28.6 Å². The van der Waals surface area contributed by atoms with Crippen LogP contribution in [-0.4, -0.2) is 24.5 Å². The molecule has 0 aliphatic heterocycles. The van der Waals surface area contributed by atoms with Crippen LogP contribution in [0.1, 0.15) is 5.76 Å². The van der Waals surface area contributed by atoms with E-state index in [2.05, 4.69) is 5.10 Å². The van der Waals surface area contributed by atoms with Gasteiger partial charge in [-0.2, -0.15) is 18.4 Å². The topological polar surface area (TPSA) is 158 Å². The van der Waals surface area contributed by atoms with E-state index in [0.29, 0.717) is 0 Å². The van der Waals surface area contributed by atoms with Gasteiger partial charge in [0.05, 0.1) is 22.1 Å². The molecule has 0 saturated heterocycles. The number of nitro benzene ring substituents is 1. The summed E-state index contributed by atoms with van der Waals surface area (Å²) in [6, 6.07) is 6.50. The lowest BCUT2D eigenvalue weighted by atomic mass is 10.3. The van der Waals surface area contributed by atoms with Gasteiger partial charge in [-0.05, 0) is 18.2 Å². The minimum Gasteiger partial charge on any atom is -0.400 e. The number of furan rings is 1. The molecule has 11 nitrogen and oxygen atoms in total. The average molecular weight is 340 g/mol. The first kappa shape index (κ1) is 16.1. The van der Waals surface area contributed by atoms with E-state index >= 15 is 0 Å². The number of nitrogens with zero attached hydrogens (tertiary/aromatic N) is 3. The second-order valence-electron chi connectivity index (χ2n) is 4.04. The molecule has 120 valence electrons. The van der Waals surface area contributed by atoms with Gasteiger partial charge in [0, 0.05) is 12.1 Å². The maximum atomic E-state index is 11.9. The van der Waals surface area contributed by atoms with Crippen molar-refractivity contribution in [1.29, 1.82) is 0 Å². The Morgan fingerprint density at radius 3 is 2.22 bits per heavy atom. The maximum absolute atomic E-state index is 11.9. The Hall–Kier alpha value is -3.28. The Balaban J connectivity index is 2.09. The van der Waals surface area contributed by atoms with Gasteiger partial charge in [-0.3, -0.25) is 20.2 Å². The standard InChI is InChI=1S/C11H8N4O7S/c16-14(17)8-1-4-10(5-2-8)23(20,21)13-12-7-9-3-6-11(22-9)15(18)19/h1-7,13H. The Labute approximate surface area is 128 Å². The molecule has 0 bridgehead atoms. The van der Waals surface area contributed by atoms with Crippen molar-refractivity contribution in [2.45, 2.75) is 4.90 Å². The lowest BCUT2D eigenvalue weighted by Crippen LogP contribution is -2.18. The highest BCUT2D eigenvalue weighted by atomic mass is 32.2. The molecule has 0 fully saturated rings. The quantitative estimate of drug-likeness (QED) is 0.472. The zero-order valence-electron chi connectivity index (χ0n) is 11.1. The van der Waals surface area contributed by atoms with Gasteiger partial charge < -0.3 is 4.42 Å². The van der Waals surface area contributed by atoms with Crippen LogP contribution in [0, 0.1) is 20.2 Å². The number of nitrogens with one attached hydrogen (secondary N) is 1. The monoisotopic (exact) mass is 340 g/mol. The zero-order chi connectivity index (χ0) is 17.0. The van der Waals surface area contributed by atoms with Crippen molar-refractivity contribution in [2.24, 2.45) is 5.10 Å². The summed E-state index contributed by atoms with van der Waals surface area (Å²) in [4.78, 5) is 21.1. The smallest absolute Gasteiger partial charge is 0.400 e. The van der Waals surface area contributed by atoms with Crippen LogP contribution in [0.5, 0.6) is 0 Å². The van der Waals surface area contributed by atoms with Crippen LogP contribution < -0.4 is 4.83 Å². The summed E-state index contributed by atoms with van der Waals surface area (Å²) in [6.45, 7) is 0. The third kappa shape index (κ3) is 3.88. The summed E-state index contributed by atoms with van der Waals surface area (Å²) in [7, 11) is -4.03. The first-order chi connectivity index (χ1) is 10.8. The number of rotatable bonds is 6. The second kappa shape index (κ2) is 6.23. The molecule has 1 heterocycles. The molecule has 0 unspecified atom stereocenters. The van der Waals surface area contributed by atoms with Crippen LogP contribution in [0.2, 0.25) is 0 Å². The summed E-state index contributed by atoms with van der Waals surface area (Å²) >= 11 is 0. The highest BCUT2D eigenvalue weighted by Crippen LogP contribution is 2.16. The van der Waals surface area contributed by atoms with Gasteiger partial charge in [0.25, 0.3) is 15.7 Å². The highest BCUT2D eigenvalue weighted by molar-refractivity contribution is 7.89. The Morgan fingerprint density at radius 1 is 1.04 bits per heavy atom. The van der Waals surface area contributed by atoms with Crippen LogP contribution in [-0.2, 0) is 10.0 Å². The molecular weight excluding hydrogens is 332 g/mol. The average Bonchev–Trinajstić information content (AvgIpc) is 2.96. The maximum Gasteiger partial charge on any atom is 0.433 e. The lowest BCUT2D eigenvalue weighted by Gasteiger charge is -2.02. The molecule has 1 aromatic heterocycles.